The van der Waals surface area contributed by atoms with Crippen molar-refractivity contribution in [3.05, 3.63) is 16.6 Å². The molecule has 1 aliphatic rings. The summed E-state index contributed by atoms with van der Waals surface area (Å²) >= 11 is 1.73. The molecule has 102 valence electrons. The SMILES string of the molecule is CNC(Cc1nccs1)C(OC)C1CCCCC1. The minimum atomic E-state index is 0.319. The third-order valence-corrected chi connectivity index (χ3v) is 4.83. The first-order chi connectivity index (χ1) is 8.85. The van der Waals surface area contributed by atoms with Gasteiger partial charge in [-0.1, -0.05) is 19.3 Å². The maximum atomic E-state index is 5.81. The molecule has 1 aromatic heterocycles. The molecule has 1 aliphatic carbocycles. The second-order valence-corrected chi connectivity index (χ2v) is 6.10. The maximum absolute atomic E-state index is 5.81. The Labute approximate surface area is 114 Å². The molecule has 1 N–H and O–H groups in total. The Kier molecular flexibility index (Phi) is 5.60. The van der Waals surface area contributed by atoms with E-state index in [4.69, 9.17) is 4.74 Å². The zero-order chi connectivity index (χ0) is 12.8. The van der Waals surface area contributed by atoms with Crippen LogP contribution in [-0.4, -0.2) is 31.3 Å². The van der Waals surface area contributed by atoms with E-state index in [0.717, 1.165) is 6.42 Å². The number of hydrogen-bond donors (Lipinski definition) is 1. The van der Waals surface area contributed by atoms with Crippen molar-refractivity contribution in [3.8, 4) is 0 Å². The lowest BCUT2D eigenvalue weighted by atomic mass is 9.82. The zero-order valence-corrected chi connectivity index (χ0v) is 12.2. The second kappa shape index (κ2) is 7.22. The fourth-order valence-electron chi connectivity index (χ4n) is 3.07. The first-order valence-corrected chi connectivity index (χ1v) is 7.81. The van der Waals surface area contributed by atoms with Gasteiger partial charge in [0.2, 0.25) is 0 Å². The fourth-order valence-corrected chi connectivity index (χ4v) is 3.75. The minimum Gasteiger partial charge on any atom is -0.380 e. The summed E-state index contributed by atoms with van der Waals surface area (Å²) in [7, 11) is 3.89. The molecule has 18 heavy (non-hydrogen) atoms. The first kappa shape index (κ1) is 14.0. The van der Waals surface area contributed by atoms with Gasteiger partial charge in [-0.2, -0.15) is 0 Å². The summed E-state index contributed by atoms with van der Waals surface area (Å²) in [4.78, 5) is 4.39. The van der Waals surface area contributed by atoms with E-state index in [-0.39, 0.29) is 0 Å². The van der Waals surface area contributed by atoms with Crippen molar-refractivity contribution in [2.75, 3.05) is 14.2 Å². The summed E-state index contributed by atoms with van der Waals surface area (Å²) < 4.78 is 5.81. The van der Waals surface area contributed by atoms with Crippen LogP contribution in [0.4, 0.5) is 0 Å². The molecule has 2 atom stereocenters. The highest BCUT2D eigenvalue weighted by Gasteiger charge is 2.30. The Balaban J connectivity index is 1.98. The van der Waals surface area contributed by atoms with Crippen molar-refractivity contribution >= 4 is 11.3 Å². The largest absolute Gasteiger partial charge is 0.380 e. The summed E-state index contributed by atoms with van der Waals surface area (Å²) in [5, 5.41) is 6.68. The van der Waals surface area contributed by atoms with Crippen LogP contribution in [0.15, 0.2) is 11.6 Å². The van der Waals surface area contributed by atoms with Crippen LogP contribution in [0, 0.1) is 5.92 Å². The Morgan fingerprint density at radius 1 is 1.44 bits per heavy atom. The van der Waals surface area contributed by atoms with Gasteiger partial charge in [0.05, 0.1) is 11.1 Å². The summed E-state index contributed by atoms with van der Waals surface area (Å²) in [6.07, 6.45) is 9.92. The van der Waals surface area contributed by atoms with Crippen molar-refractivity contribution < 1.29 is 4.74 Å². The molecule has 0 aliphatic heterocycles. The summed E-state index contributed by atoms with van der Waals surface area (Å²) in [5.41, 5.74) is 0. The van der Waals surface area contributed by atoms with E-state index in [1.165, 1.54) is 37.1 Å². The molecule has 0 amide bonds. The molecule has 4 heteroatoms. The van der Waals surface area contributed by atoms with Crippen LogP contribution in [0.1, 0.15) is 37.1 Å². The van der Waals surface area contributed by atoms with Crippen LogP contribution < -0.4 is 5.32 Å². The standard InChI is InChI=1S/C14H24N2OS/c1-15-12(10-13-16-8-9-18-13)14(17-2)11-6-4-3-5-7-11/h8-9,11-12,14-15H,3-7,10H2,1-2H3. The van der Waals surface area contributed by atoms with Gasteiger partial charge in [0, 0.05) is 31.1 Å². The summed E-state index contributed by atoms with van der Waals surface area (Å²) in [5.74, 6) is 0.709. The van der Waals surface area contributed by atoms with E-state index in [2.05, 4.69) is 10.3 Å². The van der Waals surface area contributed by atoms with Crippen molar-refractivity contribution in [3.63, 3.8) is 0 Å². The normalized spacial score (nSPS) is 20.8. The van der Waals surface area contributed by atoms with Gasteiger partial charge in [-0.3, -0.25) is 0 Å². The van der Waals surface area contributed by atoms with Gasteiger partial charge in [-0.15, -0.1) is 11.3 Å². The number of hydrogen-bond acceptors (Lipinski definition) is 4. The molecule has 2 unspecified atom stereocenters. The van der Waals surface area contributed by atoms with Crippen LogP contribution in [0.25, 0.3) is 0 Å². The molecule has 1 heterocycles. The van der Waals surface area contributed by atoms with Crippen LogP contribution in [-0.2, 0) is 11.2 Å². The molecule has 0 bridgehead atoms. The molecule has 0 radical (unpaired) electrons. The van der Waals surface area contributed by atoms with Crippen LogP contribution in [0.5, 0.6) is 0 Å². The highest BCUT2D eigenvalue weighted by molar-refractivity contribution is 7.09. The molecule has 0 aromatic carbocycles. The summed E-state index contributed by atoms with van der Waals surface area (Å²) in [6.45, 7) is 0. The topological polar surface area (TPSA) is 34.2 Å². The predicted molar refractivity (Wildman–Crippen MR) is 76.0 cm³/mol. The van der Waals surface area contributed by atoms with Gasteiger partial charge < -0.3 is 10.1 Å². The van der Waals surface area contributed by atoms with Crippen molar-refractivity contribution in [1.29, 1.82) is 0 Å². The number of nitrogens with one attached hydrogen (secondary N) is 1. The first-order valence-electron chi connectivity index (χ1n) is 6.93. The Bertz CT molecular complexity index is 323. The lowest BCUT2D eigenvalue weighted by Crippen LogP contribution is -2.45. The van der Waals surface area contributed by atoms with E-state index >= 15 is 0 Å². The van der Waals surface area contributed by atoms with Crippen LogP contribution in [0.3, 0.4) is 0 Å². The third kappa shape index (κ3) is 3.53. The molecule has 3 nitrogen and oxygen atoms in total. The lowest BCUT2D eigenvalue weighted by molar-refractivity contribution is 0.0101. The number of thiazole rings is 1. The maximum Gasteiger partial charge on any atom is 0.0941 e. The van der Waals surface area contributed by atoms with Gasteiger partial charge in [-0.25, -0.2) is 4.98 Å². The van der Waals surface area contributed by atoms with E-state index in [1.54, 1.807) is 11.3 Å². The molecular weight excluding hydrogens is 244 g/mol. The molecule has 2 rings (SSSR count). The van der Waals surface area contributed by atoms with Gasteiger partial charge in [0.15, 0.2) is 0 Å². The molecule has 1 saturated carbocycles. The van der Waals surface area contributed by atoms with Crippen molar-refractivity contribution in [2.45, 2.75) is 50.7 Å². The van der Waals surface area contributed by atoms with Crippen LogP contribution >= 0.6 is 11.3 Å². The number of likely N-dealkylation sites (N-methyl/N-ethyl adjacent to an activating group) is 1. The van der Waals surface area contributed by atoms with E-state index in [0.29, 0.717) is 18.1 Å². The van der Waals surface area contributed by atoms with Crippen LogP contribution in [0.2, 0.25) is 0 Å². The average Bonchev–Trinajstić information content (AvgIpc) is 2.92. The number of methoxy groups -OCH3 is 1. The van der Waals surface area contributed by atoms with Gasteiger partial charge in [0.1, 0.15) is 0 Å². The monoisotopic (exact) mass is 268 g/mol. The Morgan fingerprint density at radius 2 is 2.22 bits per heavy atom. The number of aromatic nitrogens is 1. The number of ether oxygens (including phenoxy) is 1. The number of nitrogens with zero attached hydrogens (tertiary/aromatic N) is 1. The minimum absolute atomic E-state index is 0.319. The predicted octanol–water partition coefficient (Wildman–Crippen LogP) is 2.87. The van der Waals surface area contributed by atoms with E-state index < -0.39 is 0 Å². The summed E-state index contributed by atoms with van der Waals surface area (Å²) in [6, 6.07) is 0.379. The van der Waals surface area contributed by atoms with Gasteiger partial charge >= 0.3 is 0 Å². The highest BCUT2D eigenvalue weighted by Crippen LogP contribution is 2.30. The Morgan fingerprint density at radius 3 is 2.78 bits per heavy atom. The lowest BCUT2D eigenvalue weighted by Gasteiger charge is -2.34. The van der Waals surface area contributed by atoms with Crippen molar-refractivity contribution in [2.24, 2.45) is 5.92 Å². The number of rotatable bonds is 6. The highest BCUT2D eigenvalue weighted by atomic mass is 32.1. The average molecular weight is 268 g/mol. The third-order valence-electron chi connectivity index (χ3n) is 4.03. The zero-order valence-electron chi connectivity index (χ0n) is 11.4. The molecule has 1 fully saturated rings. The fraction of sp³-hybridized carbons (Fsp3) is 0.786. The quantitative estimate of drug-likeness (QED) is 0.861. The van der Waals surface area contributed by atoms with E-state index in [9.17, 15) is 0 Å². The van der Waals surface area contributed by atoms with Gasteiger partial charge in [0.25, 0.3) is 0 Å². The molecule has 0 saturated heterocycles. The molecule has 0 spiro atoms. The van der Waals surface area contributed by atoms with Crippen molar-refractivity contribution in [1.82, 2.24) is 10.3 Å². The second-order valence-electron chi connectivity index (χ2n) is 5.12. The van der Waals surface area contributed by atoms with E-state index in [1.807, 2.05) is 25.7 Å². The smallest absolute Gasteiger partial charge is 0.0941 e. The Hall–Kier alpha value is -0.450. The molecule has 1 aromatic rings. The molecular formula is C14H24N2OS. The van der Waals surface area contributed by atoms with Gasteiger partial charge in [-0.05, 0) is 25.8 Å².